The largest absolute Gasteiger partial charge is 0.494 e. The van der Waals surface area contributed by atoms with Gasteiger partial charge in [-0.3, -0.25) is 0 Å². The van der Waals surface area contributed by atoms with Gasteiger partial charge in [-0.2, -0.15) is 13.2 Å². The molecule has 1 aromatic heterocycles. The van der Waals surface area contributed by atoms with Gasteiger partial charge in [-0.05, 0) is 41.8 Å². The lowest BCUT2D eigenvalue weighted by Crippen LogP contribution is -2.05. The van der Waals surface area contributed by atoms with E-state index in [1.807, 2.05) is 19.1 Å². The molecule has 2 aromatic carbocycles. The van der Waals surface area contributed by atoms with E-state index in [1.165, 1.54) is 12.1 Å². The van der Waals surface area contributed by atoms with Gasteiger partial charge in [0.15, 0.2) is 0 Å². The second-order valence-electron chi connectivity index (χ2n) is 5.67. The predicted molar refractivity (Wildman–Crippen MR) is 88.5 cm³/mol. The van der Waals surface area contributed by atoms with Gasteiger partial charge in [0.25, 0.3) is 0 Å². The van der Waals surface area contributed by atoms with Crippen LogP contribution in [0.25, 0.3) is 10.8 Å². The molecule has 0 atom stereocenters. The number of aromatic nitrogens is 1. The fraction of sp³-hybridized carbons (Fsp3) is 0.222. The number of aryl methyl sites for hydroxylation is 1. The summed E-state index contributed by atoms with van der Waals surface area (Å²) in [5, 5.41) is 12.2. The first-order valence-electron chi connectivity index (χ1n) is 7.46. The zero-order valence-corrected chi connectivity index (χ0v) is 13.6. The van der Waals surface area contributed by atoms with Crippen molar-refractivity contribution in [3.8, 4) is 5.88 Å². The van der Waals surface area contributed by atoms with Crippen LogP contribution < -0.4 is 0 Å². The molecule has 0 saturated carbocycles. The lowest BCUT2D eigenvalue weighted by molar-refractivity contribution is -0.137. The molecular weight excluding hydrogens is 339 g/mol. The summed E-state index contributed by atoms with van der Waals surface area (Å²) in [6.07, 6.45) is -1.78. The number of aromatic hydroxyl groups is 1. The summed E-state index contributed by atoms with van der Waals surface area (Å²) in [5.74, 6) is 0.0116. The zero-order valence-electron chi connectivity index (χ0n) is 12.9. The van der Waals surface area contributed by atoms with E-state index in [1.54, 1.807) is 10.8 Å². The van der Waals surface area contributed by atoms with E-state index < -0.39 is 11.7 Å². The van der Waals surface area contributed by atoms with E-state index in [9.17, 15) is 18.3 Å². The van der Waals surface area contributed by atoms with Crippen molar-refractivity contribution in [2.24, 2.45) is 0 Å². The number of hydrogen-bond donors (Lipinski definition) is 1. The molecular formula is C18H15ClF3NO. The Morgan fingerprint density at radius 1 is 1.08 bits per heavy atom. The van der Waals surface area contributed by atoms with Crippen LogP contribution in [0.2, 0.25) is 5.02 Å². The van der Waals surface area contributed by atoms with E-state index in [0.717, 1.165) is 29.5 Å². The van der Waals surface area contributed by atoms with E-state index in [0.29, 0.717) is 16.0 Å². The Morgan fingerprint density at radius 3 is 2.33 bits per heavy atom. The van der Waals surface area contributed by atoms with Gasteiger partial charge in [-0.1, -0.05) is 30.7 Å². The third kappa shape index (κ3) is 3.08. The number of nitrogens with zero attached hydrogens (tertiary/aromatic N) is 1. The van der Waals surface area contributed by atoms with Crippen molar-refractivity contribution in [3.05, 3.63) is 64.3 Å². The SMILES string of the molecule is CCc1cc(Cl)c2c(O)n(Cc3ccc(C(F)(F)F)cc3)cc2c1. The molecule has 0 spiro atoms. The van der Waals surface area contributed by atoms with Crippen LogP contribution in [-0.4, -0.2) is 9.67 Å². The van der Waals surface area contributed by atoms with Crippen molar-refractivity contribution in [1.82, 2.24) is 4.57 Å². The maximum absolute atomic E-state index is 12.6. The van der Waals surface area contributed by atoms with Gasteiger partial charge < -0.3 is 9.67 Å². The van der Waals surface area contributed by atoms with Gasteiger partial charge in [-0.25, -0.2) is 0 Å². The zero-order chi connectivity index (χ0) is 17.5. The first-order valence-corrected chi connectivity index (χ1v) is 7.83. The van der Waals surface area contributed by atoms with Crippen molar-refractivity contribution in [2.75, 3.05) is 0 Å². The normalized spacial score (nSPS) is 12.0. The number of halogens is 4. The Kier molecular flexibility index (Phi) is 4.22. The number of fused-ring (bicyclic) bond motifs is 1. The van der Waals surface area contributed by atoms with Crippen LogP contribution in [0.15, 0.2) is 42.6 Å². The average molecular weight is 354 g/mol. The molecule has 126 valence electrons. The maximum atomic E-state index is 12.6. The Hall–Kier alpha value is -2.14. The van der Waals surface area contributed by atoms with E-state index in [2.05, 4.69) is 0 Å². The van der Waals surface area contributed by atoms with Crippen LogP contribution >= 0.6 is 11.6 Å². The number of hydrogen-bond acceptors (Lipinski definition) is 1. The smallest absolute Gasteiger partial charge is 0.416 e. The third-order valence-corrected chi connectivity index (χ3v) is 4.31. The van der Waals surface area contributed by atoms with Crippen LogP contribution in [0.1, 0.15) is 23.6 Å². The summed E-state index contributed by atoms with van der Waals surface area (Å²) in [6.45, 7) is 2.27. The highest BCUT2D eigenvalue weighted by Crippen LogP contribution is 2.35. The van der Waals surface area contributed by atoms with Crippen molar-refractivity contribution in [1.29, 1.82) is 0 Å². The second kappa shape index (κ2) is 6.06. The molecule has 24 heavy (non-hydrogen) atoms. The molecule has 0 saturated heterocycles. The van der Waals surface area contributed by atoms with Crippen LogP contribution in [0.4, 0.5) is 13.2 Å². The maximum Gasteiger partial charge on any atom is 0.416 e. The van der Waals surface area contributed by atoms with Crippen LogP contribution in [-0.2, 0) is 19.1 Å². The summed E-state index contributed by atoms with van der Waals surface area (Å²) in [4.78, 5) is 0. The summed E-state index contributed by atoms with van der Waals surface area (Å²) in [7, 11) is 0. The van der Waals surface area contributed by atoms with Gasteiger partial charge in [0.05, 0.1) is 22.5 Å². The number of rotatable bonds is 3. The highest BCUT2D eigenvalue weighted by Gasteiger charge is 2.29. The summed E-state index contributed by atoms with van der Waals surface area (Å²) in [6, 6.07) is 8.66. The highest BCUT2D eigenvalue weighted by molar-refractivity contribution is 6.36. The minimum Gasteiger partial charge on any atom is -0.494 e. The molecule has 0 radical (unpaired) electrons. The number of benzene rings is 2. The van der Waals surface area contributed by atoms with Crippen LogP contribution in [0.3, 0.4) is 0 Å². The quantitative estimate of drug-likeness (QED) is 0.648. The molecule has 0 aliphatic heterocycles. The Bertz CT molecular complexity index is 882. The topological polar surface area (TPSA) is 25.2 Å². The fourth-order valence-corrected chi connectivity index (χ4v) is 3.05. The van der Waals surface area contributed by atoms with Gasteiger partial charge in [0, 0.05) is 11.6 Å². The highest BCUT2D eigenvalue weighted by atomic mass is 35.5. The molecule has 0 fully saturated rings. The van der Waals surface area contributed by atoms with E-state index in [-0.39, 0.29) is 12.4 Å². The first-order chi connectivity index (χ1) is 11.3. The molecule has 0 amide bonds. The minimum absolute atomic E-state index is 0.0116. The molecule has 0 aliphatic rings. The Balaban J connectivity index is 1.95. The molecule has 3 aromatic rings. The molecule has 0 bridgehead atoms. The lowest BCUT2D eigenvalue weighted by atomic mass is 10.1. The van der Waals surface area contributed by atoms with E-state index >= 15 is 0 Å². The van der Waals surface area contributed by atoms with Crippen molar-refractivity contribution >= 4 is 22.4 Å². The van der Waals surface area contributed by atoms with Crippen LogP contribution in [0, 0.1) is 0 Å². The Labute approximate surface area is 142 Å². The standard InChI is InChI=1S/C18H15ClF3NO/c1-2-11-7-13-10-23(17(24)16(13)15(19)8-11)9-12-3-5-14(6-4-12)18(20,21)22/h3-8,10,24H,2,9H2,1H3. The average Bonchev–Trinajstić information content (AvgIpc) is 2.83. The van der Waals surface area contributed by atoms with Crippen LogP contribution in [0.5, 0.6) is 5.88 Å². The van der Waals surface area contributed by atoms with Crippen molar-refractivity contribution in [3.63, 3.8) is 0 Å². The molecule has 6 heteroatoms. The summed E-state index contributed by atoms with van der Waals surface area (Å²) in [5.41, 5.74) is 1.02. The molecule has 0 aliphatic carbocycles. The number of alkyl halides is 3. The summed E-state index contributed by atoms with van der Waals surface area (Å²) >= 11 is 6.24. The molecule has 1 N–H and O–H groups in total. The molecule has 3 rings (SSSR count). The fourth-order valence-electron chi connectivity index (χ4n) is 2.72. The van der Waals surface area contributed by atoms with Crippen molar-refractivity contribution in [2.45, 2.75) is 26.1 Å². The van der Waals surface area contributed by atoms with Gasteiger partial charge in [0.1, 0.15) is 0 Å². The minimum atomic E-state index is -4.35. The lowest BCUT2D eigenvalue weighted by Gasteiger charge is -2.09. The van der Waals surface area contributed by atoms with Crippen molar-refractivity contribution < 1.29 is 18.3 Å². The monoisotopic (exact) mass is 353 g/mol. The molecule has 2 nitrogen and oxygen atoms in total. The molecule has 1 heterocycles. The van der Waals surface area contributed by atoms with E-state index in [4.69, 9.17) is 11.6 Å². The first kappa shape index (κ1) is 16.7. The predicted octanol–water partition coefficient (Wildman–Crippen LogP) is 5.63. The second-order valence-corrected chi connectivity index (χ2v) is 6.08. The molecule has 0 unspecified atom stereocenters. The third-order valence-electron chi connectivity index (χ3n) is 4.01. The van der Waals surface area contributed by atoms with Gasteiger partial charge >= 0.3 is 6.18 Å². The van der Waals surface area contributed by atoms with Gasteiger partial charge in [-0.15, -0.1) is 0 Å². The Morgan fingerprint density at radius 2 is 1.75 bits per heavy atom. The van der Waals surface area contributed by atoms with Gasteiger partial charge in [0.2, 0.25) is 5.88 Å². The summed E-state index contributed by atoms with van der Waals surface area (Å²) < 4.78 is 39.4.